The van der Waals surface area contributed by atoms with Crippen LogP contribution in [0, 0.1) is 0 Å². The van der Waals surface area contributed by atoms with E-state index in [0.29, 0.717) is 24.8 Å². The van der Waals surface area contributed by atoms with E-state index in [2.05, 4.69) is 0 Å². The minimum atomic E-state index is -0.152. The molecule has 13 heavy (non-hydrogen) atoms. The van der Waals surface area contributed by atoms with Crippen molar-refractivity contribution in [1.82, 2.24) is 0 Å². The number of carbonyl (C=O) groups excluding carboxylic acids is 3. The Labute approximate surface area is 76.1 Å². The standard InChI is InChI=1S/C10H10O3/c11-6-2-1-3-8-7-9(12)4-5-10(8)13/h4-7H,1-3H2. The van der Waals surface area contributed by atoms with Crippen molar-refractivity contribution in [1.29, 1.82) is 0 Å². The number of carbonyl (C=O) groups is 3. The molecular weight excluding hydrogens is 168 g/mol. The molecule has 0 amide bonds. The van der Waals surface area contributed by atoms with E-state index < -0.39 is 0 Å². The molecule has 0 saturated carbocycles. The number of hydrogen-bond donors (Lipinski definition) is 0. The molecule has 0 fully saturated rings. The maximum absolute atomic E-state index is 11.1. The molecule has 0 spiro atoms. The first kappa shape index (κ1) is 9.58. The van der Waals surface area contributed by atoms with Crippen LogP contribution in [0.1, 0.15) is 19.3 Å². The van der Waals surface area contributed by atoms with E-state index in [4.69, 9.17) is 0 Å². The van der Waals surface area contributed by atoms with Gasteiger partial charge in [-0.2, -0.15) is 0 Å². The quantitative estimate of drug-likeness (QED) is 0.366. The lowest BCUT2D eigenvalue weighted by Crippen LogP contribution is -2.07. The Hall–Kier alpha value is -1.51. The van der Waals surface area contributed by atoms with E-state index in [9.17, 15) is 14.4 Å². The molecule has 3 heteroatoms. The van der Waals surface area contributed by atoms with E-state index in [1.54, 1.807) is 0 Å². The average molecular weight is 178 g/mol. The SMILES string of the molecule is O=CCCCC1=CC(=O)C=CC1=O. The molecule has 0 aliphatic heterocycles. The highest BCUT2D eigenvalue weighted by molar-refractivity contribution is 6.17. The molecule has 68 valence electrons. The molecule has 1 rings (SSSR count). The van der Waals surface area contributed by atoms with Crippen molar-refractivity contribution in [3.05, 3.63) is 23.8 Å². The van der Waals surface area contributed by atoms with Gasteiger partial charge in [0, 0.05) is 12.0 Å². The van der Waals surface area contributed by atoms with Gasteiger partial charge in [-0.15, -0.1) is 0 Å². The predicted molar refractivity (Wildman–Crippen MR) is 47.2 cm³/mol. The van der Waals surface area contributed by atoms with Crippen LogP contribution in [0.2, 0.25) is 0 Å². The lowest BCUT2D eigenvalue weighted by atomic mass is 9.99. The van der Waals surface area contributed by atoms with Crippen molar-refractivity contribution >= 4 is 17.9 Å². The number of rotatable bonds is 4. The minimum Gasteiger partial charge on any atom is -0.303 e. The second-order valence-electron chi connectivity index (χ2n) is 2.83. The fourth-order valence-electron chi connectivity index (χ4n) is 1.13. The topological polar surface area (TPSA) is 51.2 Å². The Morgan fingerprint density at radius 3 is 2.69 bits per heavy atom. The molecule has 0 heterocycles. The van der Waals surface area contributed by atoms with Crippen LogP contribution in [0.3, 0.4) is 0 Å². The summed E-state index contributed by atoms with van der Waals surface area (Å²) in [7, 11) is 0. The lowest BCUT2D eigenvalue weighted by Gasteiger charge is -2.04. The summed E-state index contributed by atoms with van der Waals surface area (Å²) in [4.78, 5) is 32.0. The van der Waals surface area contributed by atoms with Crippen LogP contribution in [0.4, 0.5) is 0 Å². The maximum Gasteiger partial charge on any atom is 0.182 e. The van der Waals surface area contributed by atoms with Crippen molar-refractivity contribution in [3.63, 3.8) is 0 Å². The smallest absolute Gasteiger partial charge is 0.182 e. The van der Waals surface area contributed by atoms with Crippen LogP contribution in [0.5, 0.6) is 0 Å². The summed E-state index contributed by atoms with van der Waals surface area (Å²) in [6, 6.07) is 0. The molecule has 1 aliphatic rings. The van der Waals surface area contributed by atoms with Gasteiger partial charge in [-0.05, 0) is 31.1 Å². The summed E-state index contributed by atoms with van der Waals surface area (Å²) < 4.78 is 0. The molecule has 0 aromatic heterocycles. The van der Waals surface area contributed by atoms with Gasteiger partial charge < -0.3 is 4.79 Å². The molecule has 0 saturated heterocycles. The Bertz CT molecular complexity index is 297. The number of ketones is 2. The zero-order chi connectivity index (χ0) is 9.68. The van der Waals surface area contributed by atoms with E-state index in [0.717, 1.165) is 6.29 Å². The van der Waals surface area contributed by atoms with Crippen molar-refractivity contribution in [2.24, 2.45) is 0 Å². The highest BCUT2D eigenvalue weighted by atomic mass is 16.1. The van der Waals surface area contributed by atoms with Gasteiger partial charge in [-0.3, -0.25) is 9.59 Å². The van der Waals surface area contributed by atoms with Gasteiger partial charge in [0.1, 0.15) is 6.29 Å². The van der Waals surface area contributed by atoms with Gasteiger partial charge in [0.15, 0.2) is 11.6 Å². The predicted octanol–water partition coefficient (Wildman–Crippen LogP) is 0.990. The van der Waals surface area contributed by atoms with Gasteiger partial charge >= 0.3 is 0 Å². The van der Waals surface area contributed by atoms with Crippen molar-refractivity contribution in [2.45, 2.75) is 19.3 Å². The lowest BCUT2D eigenvalue weighted by molar-refractivity contribution is -0.114. The summed E-state index contributed by atoms with van der Waals surface area (Å²) in [6.07, 6.45) is 6.25. The van der Waals surface area contributed by atoms with Gasteiger partial charge in [-0.1, -0.05) is 0 Å². The first-order chi connectivity index (χ1) is 6.24. The Morgan fingerprint density at radius 1 is 1.23 bits per heavy atom. The van der Waals surface area contributed by atoms with E-state index >= 15 is 0 Å². The van der Waals surface area contributed by atoms with Crippen LogP contribution in [0.25, 0.3) is 0 Å². The largest absolute Gasteiger partial charge is 0.303 e. The molecule has 0 atom stereocenters. The second kappa shape index (κ2) is 4.50. The Balaban J connectivity index is 2.52. The zero-order valence-corrected chi connectivity index (χ0v) is 7.16. The monoisotopic (exact) mass is 178 g/mol. The fraction of sp³-hybridized carbons (Fsp3) is 0.300. The molecule has 0 bridgehead atoms. The Kier molecular flexibility index (Phi) is 3.31. The van der Waals surface area contributed by atoms with E-state index in [-0.39, 0.29) is 11.6 Å². The third-order valence-electron chi connectivity index (χ3n) is 1.80. The summed E-state index contributed by atoms with van der Waals surface area (Å²) in [5.41, 5.74) is 0.509. The second-order valence-corrected chi connectivity index (χ2v) is 2.83. The zero-order valence-electron chi connectivity index (χ0n) is 7.16. The molecule has 3 nitrogen and oxygen atoms in total. The van der Waals surface area contributed by atoms with Crippen LogP contribution in [-0.2, 0) is 14.4 Å². The fourth-order valence-corrected chi connectivity index (χ4v) is 1.13. The molecule has 0 aromatic carbocycles. The number of aldehydes is 1. The number of allylic oxidation sites excluding steroid dienone is 4. The first-order valence-electron chi connectivity index (χ1n) is 4.14. The molecule has 0 aromatic rings. The highest BCUT2D eigenvalue weighted by Crippen LogP contribution is 2.12. The highest BCUT2D eigenvalue weighted by Gasteiger charge is 2.11. The molecule has 1 aliphatic carbocycles. The van der Waals surface area contributed by atoms with Crippen LogP contribution in [0.15, 0.2) is 23.8 Å². The third-order valence-corrected chi connectivity index (χ3v) is 1.80. The molecule has 0 unspecified atom stereocenters. The maximum atomic E-state index is 11.1. The number of unbranched alkanes of at least 4 members (excludes halogenated alkanes) is 1. The summed E-state index contributed by atoms with van der Waals surface area (Å²) in [5.74, 6) is -0.272. The first-order valence-corrected chi connectivity index (χ1v) is 4.14. The van der Waals surface area contributed by atoms with Crippen LogP contribution >= 0.6 is 0 Å². The molecular formula is C10H10O3. The summed E-state index contributed by atoms with van der Waals surface area (Å²) in [6.45, 7) is 0. The van der Waals surface area contributed by atoms with Crippen molar-refractivity contribution < 1.29 is 14.4 Å². The summed E-state index contributed by atoms with van der Waals surface area (Å²) >= 11 is 0. The van der Waals surface area contributed by atoms with Crippen LogP contribution in [-0.4, -0.2) is 17.9 Å². The summed E-state index contributed by atoms with van der Waals surface area (Å²) in [5, 5.41) is 0. The van der Waals surface area contributed by atoms with Gasteiger partial charge in [0.2, 0.25) is 0 Å². The van der Waals surface area contributed by atoms with Gasteiger partial charge in [0.05, 0.1) is 0 Å². The third kappa shape index (κ3) is 2.78. The van der Waals surface area contributed by atoms with E-state index in [1.165, 1.54) is 18.2 Å². The van der Waals surface area contributed by atoms with E-state index in [1.807, 2.05) is 0 Å². The molecule has 0 radical (unpaired) electrons. The van der Waals surface area contributed by atoms with Gasteiger partial charge in [-0.25, -0.2) is 0 Å². The van der Waals surface area contributed by atoms with Gasteiger partial charge in [0.25, 0.3) is 0 Å². The Morgan fingerprint density at radius 2 is 2.00 bits per heavy atom. The van der Waals surface area contributed by atoms with Crippen molar-refractivity contribution in [2.75, 3.05) is 0 Å². The van der Waals surface area contributed by atoms with Crippen LogP contribution < -0.4 is 0 Å². The molecule has 0 N–H and O–H groups in total. The van der Waals surface area contributed by atoms with Crippen molar-refractivity contribution in [3.8, 4) is 0 Å². The normalized spacial score (nSPS) is 15.8. The average Bonchev–Trinajstić information content (AvgIpc) is 2.11. The minimum absolute atomic E-state index is 0.120. The number of hydrogen-bond acceptors (Lipinski definition) is 3.